The molecule has 0 heterocycles. The van der Waals surface area contributed by atoms with Crippen LogP contribution in [0.25, 0.3) is 0 Å². The van der Waals surface area contributed by atoms with Crippen molar-refractivity contribution in [2.24, 2.45) is 11.8 Å². The largest absolute Gasteiger partial charge is 0.0776 e. The van der Waals surface area contributed by atoms with Crippen LogP contribution in [0.15, 0.2) is 0 Å². The Morgan fingerprint density at radius 2 is 0.417 bits per heavy atom. The second-order valence-electron chi connectivity index (χ2n) is 3.84. The van der Waals surface area contributed by atoms with E-state index in [-0.39, 0.29) is 89.1 Å². The molecule has 0 saturated heterocycles. The van der Waals surface area contributed by atoms with Crippen LogP contribution in [-0.4, -0.2) is 0 Å². The first kappa shape index (κ1) is 127. The minimum atomic E-state index is 0. The van der Waals surface area contributed by atoms with E-state index in [1.54, 1.807) is 0 Å². The molecule has 0 aromatic heterocycles. The second-order valence-corrected chi connectivity index (χ2v) is 3.84. The van der Waals surface area contributed by atoms with Crippen LogP contribution in [0.4, 0.5) is 0 Å². The fourth-order valence-electron chi connectivity index (χ4n) is 0.577. The molecule has 0 aliphatic carbocycles. The second kappa shape index (κ2) is 111. The normalized spacial score (nSPS) is 5.00. The highest BCUT2D eigenvalue weighted by Crippen LogP contribution is 2.03. The molecule has 0 bridgehead atoms. The van der Waals surface area contributed by atoms with E-state index in [1.807, 2.05) is 0 Å². The quantitative estimate of drug-likeness (QED) is 0.465. The predicted molar refractivity (Wildman–Crippen MR) is 140 cm³/mol. The number of rotatable bonds is 4. The van der Waals surface area contributed by atoms with Gasteiger partial charge in [0.05, 0.1) is 0 Å². The third kappa shape index (κ3) is 152. The van der Waals surface area contributed by atoms with Crippen molar-refractivity contribution >= 4 is 0 Å². The van der Waals surface area contributed by atoms with E-state index in [0.717, 1.165) is 11.8 Å². The van der Waals surface area contributed by atoms with Gasteiger partial charge < -0.3 is 0 Å². The van der Waals surface area contributed by atoms with Crippen LogP contribution in [0.3, 0.4) is 0 Å². The van der Waals surface area contributed by atoms with Gasteiger partial charge in [-0.15, -0.1) is 0 Å². The van der Waals surface area contributed by atoms with Crippen molar-refractivity contribution in [3.8, 4) is 0 Å². The summed E-state index contributed by atoms with van der Waals surface area (Å²) in [6.45, 7) is 13.5. The van der Waals surface area contributed by atoms with Crippen LogP contribution in [0.1, 0.15) is 156 Å². The van der Waals surface area contributed by atoms with E-state index in [9.17, 15) is 0 Å². The molecule has 0 amide bonds. The van der Waals surface area contributed by atoms with E-state index < -0.39 is 0 Å². The predicted octanol–water partition coefficient (Wildman–Crippen LogP) is 12.5. The number of hydrogen-bond donors (Lipinski definition) is 0. The Hall–Kier alpha value is 0. The Morgan fingerprint density at radius 3 is 0.417 bits per heavy atom. The molecule has 0 aromatic carbocycles. The zero-order valence-electron chi connectivity index (χ0n) is 9.98. The first-order valence-electron chi connectivity index (χ1n) is 5.62. The lowest BCUT2D eigenvalue weighted by atomic mass is 10.1. The first-order valence-corrected chi connectivity index (χ1v) is 5.62. The summed E-state index contributed by atoms with van der Waals surface area (Å²) in [5.74, 6) is 1.87. The molecule has 0 atom stereocenters. The summed E-state index contributed by atoms with van der Waals surface area (Å²) >= 11 is 0. The van der Waals surface area contributed by atoms with Gasteiger partial charge in [0.2, 0.25) is 0 Å². The van der Waals surface area contributed by atoms with Crippen LogP contribution < -0.4 is 0 Å². The van der Waals surface area contributed by atoms with Crippen LogP contribution in [-0.2, 0) is 0 Å². The molecule has 0 N–H and O–H groups in total. The smallest absolute Gasteiger partial charge is 0.0448 e. The van der Waals surface area contributed by atoms with Gasteiger partial charge in [-0.3, -0.25) is 0 Å². The molecule has 0 saturated carbocycles. The zero-order valence-corrected chi connectivity index (χ0v) is 9.98. The molecule has 0 aromatic rings. The fourth-order valence-corrected chi connectivity index (χ4v) is 0.577. The Morgan fingerprint density at radius 1 is 0.333 bits per heavy atom. The van der Waals surface area contributed by atoms with E-state index in [2.05, 4.69) is 41.5 Å². The Kier molecular flexibility index (Phi) is 589. The number of hydrogen-bond acceptors (Lipinski definition) is 0. The highest BCUT2D eigenvalue weighted by atomic mass is 14.0. The molecular formula is C24H76. The summed E-state index contributed by atoms with van der Waals surface area (Å²) < 4.78 is 0. The van der Waals surface area contributed by atoms with Gasteiger partial charge in [-0.25, -0.2) is 0 Å². The SMILES string of the molecule is C.C.C.C.C.C.C.C.C.C.C.C.CCC(C)CC.CCC(C)CC. The summed E-state index contributed by atoms with van der Waals surface area (Å²) in [5.41, 5.74) is 0. The molecule has 0 heteroatoms. The van der Waals surface area contributed by atoms with Crippen molar-refractivity contribution in [3.63, 3.8) is 0 Å². The lowest BCUT2D eigenvalue weighted by molar-refractivity contribution is 0.544. The maximum atomic E-state index is 2.28. The van der Waals surface area contributed by atoms with Gasteiger partial charge in [0.1, 0.15) is 0 Å². The molecule has 0 rings (SSSR count). The average molecular weight is 365 g/mol. The van der Waals surface area contributed by atoms with Crippen LogP contribution in [0, 0.1) is 11.8 Å². The van der Waals surface area contributed by atoms with E-state index >= 15 is 0 Å². The van der Waals surface area contributed by atoms with Gasteiger partial charge in [-0.1, -0.05) is 156 Å². The van der Waals surface area contributed by atoms with Gasteiger partial charge in [-0.05, 0) is 11.8 Å². The van der Waals surface area contributed by atoms with E-state index in [4.69, 9.17) is 0 Å². The lowest BCUT2D eigenvalue weighted by Gasteiger charge is -1.98. The molecule has 0 aliphatic heterocycles. The molecule has 0 radical (unpaired) electrons. The van der Waals surface area contributed by atoms with Crippen LogP contribution >= 0.6 is 0 Å². The standard InChI is InChI=1S/2C6H14.12CH4/c2*1-4-6(3)5-2;;;;;;;;;;;;/h2*6H,4-5H2,1-3H3;12*1H4. The molecule has 24 heavy (non-hydrogen) atoms. The van der Waals surface area contributed by atoms with E-state index in [0.29, 0.717) is 0 Å². The summed E-state index contributed by atoms with van der Waals surface area (Å²) in [7, 11) is 0. The van der Waals surface area contributed by atoms with Crippen molar-refractivity contribution in [3.05, 3.63) is 0 Å². The Bertz CT molecular complexity index is 48.4. The molecular weight excluding hydrogens is 288 g/mol. The maximum Gasteiger partial charge on any atom is -0.0448 e. The summed E-state index contributed by atoms with van der Waals surface area (Å²) in [5, 5.41) is 0. The van der Waals surface area contributed by atoms with Gasteiger partial charge in [0.25, 0.3) is 0 Å². The monoisotopic (exact) mass is 365 g/mol. The lowest BCUT2D eigenvalue weighted by Crippen LogP contribution is -1.85. The molecule has 0 unspecified atom stereocenters. The van der Waals surface area contributed by atoms with Crippen LogP contribution in [0.5, 0.6) is 0 Å². The minimum Gasteiger partial charge on any atom is -0.0776 e. The van der Waals surface area contributed by atoms with Gasteiger partial charge in [-0.2, -0.15) is 0 Å². The van der Waals surface area contributed by atoms with Crippen LogP contribution in [0.2, 0.25) is 0 Å². The maximum absolute atomic E-state index is 2.28. The molecule has 0 nitrogen and oxygen atoms in total. The van der Waals surface area contributed by atoms with E-state index in [1.165, 1.54) is 25.7 Å². The highest BCUT2D eigenvalue weighted by Gasteiger charge is 1.89. The third-order valence-corrected chi connectivity index (χ3v) is 2.79. The van der Waals surface area contributed by atoms with Crippen molar-refractivity contribution < 1.29 is 0 Å². The van der Waals surface area contributed by atoms with Crippen molar-refractivity contribution in [2.75, 3.05) is 0 Å². The topological polar surface area (TPSA) is 0 Å². The Balaban J connectivity index is -0.00000000463. The van der Waals surface area contributed by atoms with Crippen molar-refractivity contribution in [1.29, 1.82) is 0 Å². The third-order valence-electron chi connectivity index (χ3n) is 2.79. The highest BCUT2D eigenvalue weighted by molar-refractivity contribution is 4.42. The average Bonchev–Trinajstić information content (AvgIpc) is 2.16. The summed E-state index contributed by atoms with van der Waals surface area (Å²) in [6.07, 6.45) is 5.32. The van der Waals surface area contributed by atoms with Crippen molar-refractivity contribution in [2.45, 2.75) is 156 Å². The summed E-state index contributed by atoms with van der Waals surface area (Å²) in [6, 6.07) is 0. The Labute approximate surface area is 168 Å². The van der Waals surface area contributed by atoms with Crippen molar-refractivity contribution in [1.82, 2.24) is 0 Å². The first-order chi connectivity index (χ1) is 5.62. The fraction of sp³-hybridized carbons (Fsp3) is 1.00. The van der Waals surface area contributed by atoms with Gasteiger partial charge in [0, 0.05) is 0 Å². The molecule has 172 valence electrons. The van der Waals surface area contributed by atoms with Gasteiger partial charge in [0.15, 0.2) is 0 Å². The summed E-state index contributed by atoms with van der Waals surface area (Å²) in [4.78, 5) is 0. The molecule has 0 spiro atoms. The zero-order chi connectivity index (χ0) is 9.98. The molecule has 0 fully saturated rings. The van der Waals surface area contributed by atoms with Gasteiger partial charge >= 0.3 is 0 Å². The molecule has 0 aliphatic rings. The minimum absolute atomic E-state index is 0.